The van der Waals surface area contributed by atoms with Crippen molar-refractivity contribution in [2.75, 3.05) is 6.54 Å². The Morgan fingerprint density at radius 1 is 1.50 bits per heavy atom. The summed E-state index contributed by atoms with van der Waals surface area (Å²) in [5.41, 5.74) is -0.125. The molecule has 0 saturated carbocycles. The van der Waals surface area contributed by atoms with Gasteiger partial charge in [0.15, 0.2) is 0 Å². The fraction of sp³-hybridized carbons (Fsp3) is 0.875. The summed E-state index contributed by atoms with van der Waals surface area (Å²) >= 11 is 0. The molecule has 1 N–H and O–H groups in total. The lowest BCUT2D eigenvalue weighted by molar-refractivity contribution is -0.120. The second kappa shape index (κ2) is 4.18. The lowest BCUT2D eigenvalue weighted by Gasteiger charge is -2.28. The van der Waals surface area contributed by atoms with Crippen LogP contribution in [0.15, 0.2) is 5.18 Å². The Kier molecular flexibility index (Phi) is 3.86. The van der Waals surface area contributed by atoms with Crippen molar-refractivity contribution < 1.29 is 4.79 Å². The van der Waals surface area contributed by atoms with Crippen LogP contribution in [0.3, 0.4) is 0 Å². The molecule has 4 heteroatoms. The maximum absolute atomic E-state index is 10.7. The van der Waals surface area contributed by atoms with E-state index in [4.69, 9.17) is 0 Å². The van der Waals surface area contributed by atoms with Crippen molar-refractivity contribution in [1.29, 1.82) is 0 Å². The summed E-state index contributed by atoms with van der Waals surface area (Å²) in [4.78, 5) is 20.8. The summed E-state index contributed by atoms with van der Waals surface area (Å²) in [5.74, 6) is -0.126. The van der Waals surface area contributed by atoms with Crippen molar-refractivity contribution in [2.24, 2.45) is 10.6 Å². The molecular formula is C8H16N2O2. The average Bonchev–Trinajstić information content (AvgIpc) is 1.83. The van der Waals surface area contributed by atoms with Gasteiger partial charge in [0, 0.05) is 6.92 Å². The number of nitroso groups, excluding NO2 is 1. The molecule has 0 saturated heterocycles. The molecule has 12 heavy (non-hydrogen) atoms. The van der Waals surface area contributed by atoms with E-state index in [9.17, 15) is 9.70 Å². The molecule has 1 unspecified atom stereocenters. The van der Waals surface area contributed by atoms with Gasteiger partial charge in [-0.05, 0) is 5.41 Å². The molecule has 0 rings (SSSR count). The Morgan fingerprint density at radius 3 is 2.25 bits per heavy atom. The maximum atomic E-state index is 10.7. The monoisotopic (exact) mass is 172 g/mol. The van der Waals surface area contributed by atoms with Gasteiger partial charge in [0.2, 0.25) is 5.91 Å². The number of rotatable bonds is 3. The minimum Gasteiger partial charge on any atom is -0.351 e. The first-order valence-corrected chi connectivity index (χ1v) is 3.94. The predicted octanol–water partition coefficient (Wildman–Crippen LogP) is 1.30. The zero-order valence-electron chi connectivity index (χ0n) is 8.05. The van der Waals surface area contributed by atoms with Crippen molar-refractivity contribution in [3.8, 4) is 0 Å². The number of nitrogens with one attached hydrogen (secondary N) is 1. The van der Waals surface area contributed by atoms with Gasteiger partial charge in [-0.3, -0.25) is 4.79 Å². The topological polar surface area (TPSA) is 58.5 Å². The first-order chi connectivity index (χ1) is 5.38. The van der Waals surface area contributed by atoms with Crippen LogP contribution in [-0.4, -0.2) is 18.5 Å². The van der Waals surface area contributed by atoms with Crippen molar-refractivity contribution in [1.82, 2.24) is 5.32 Å². The Bertz CT molecular complexity index is 172. The van der Waals surface area contributed by atoms with Crippen LogP contribution in [0.25, 0.3) is 0 Å². The van der Waals surface area contributed by atoms with E-state index in [0.717, 1.165) is 0 Å². The molecule has 0 heterocycles. The van der Waals surface area contributed by atoms with Gasteiger partial charge in [-0.2, -0.15) is 4.91 Å². The fourth-order valence-electron chi connectivity index (χ4n) is 0.856. The zero-order chi connectivity index (χ0) is 9.78. The van der Waals surface area contributed by atoms with Gasteiger partial charge < -0.3 is 5.32 Å². The highest BCUT2D eigenvalue weighted by Crippen LogP contribution is 2.19. The smallest absolute Gasteiger partial charge is 0.217 e. The van der Waals surface area contributed by atoms with Crippen LogP contribution in [0, 0.1) is 10.3 Å². The number of amides is 1. The largest absolute Gasteiger partial charge is 0.351 e. The number of nitrogens with zero attached hydrogens (tertiary/aromatic N) is 1. The summed E-state index contributed by atoms with van der Waals surface area (Å²) in [6, 6.07) is -0.174. The standard InChI is InChI=1S/C8H16N2O2/c1-6(11)10-7(5-9-12)8(2,3)4/h7H,5H2,1-4H3,(H,10,11). The molecule has 1 amide bonds. The molecule has 0 aliphatic carbocycles. The van der Waals surface area contributed by atoms with Crippen LogP contribution in [0.1, 0.15) is 27.7 Å². The highest BCUT2D eigenvalue weighted by Gasteiger charge is 2.25. The van der Waals surface area contributed by atoms with Gasteiger partial charge in [-0.15, -0.1) is 0 Å². The average molecular weight is 172 g/mol. The summed E-state index contributed by atoms with van der Waals surface area (Å²) in [6.45, 7) is 7.43. The van der Waals surface area contributed by atoms with Crippen LogP contribution in [0.4, 0.5) is 0 Å². The van der Waals surface area contributed by atoms with E-state index in [1.807, 2.05) is 20.8 Å². The molecule has 0 aromatic rings. The fourth-order valence-corrected chi connectivity index (χ4v) is 0.856. The summed E-state index contributed by atoms with van der Waals surface area (Å²) in [6.07, 6.45) is 0. The van der Waals surface area contributed by atoms with E-state index in [1.165, 1.54) is 6.92 Å². The van der Waals surface area contributed by atoms with Crippen LogP contribution >= 0.6 is 0 Å². The van der Waals surface area contributed by atoms with E-state index < -0.39 is 0 Å². The van der Waals surface area contributed by atoms with Crippen molar-refractivity contribution in [3.63, 3.8) is 0 Å². The van der Waals surface area contributed by atoms with Gasteiger partial charge in [0.25, 0.3) is 0 Å². The Morgan fingerprint density at radius 2 is 2.00 bits per heavy atom. The number of carbonyl (C=O) groups is 1. The zero-order valence-corrected chi connectivity index (χ0v) is 8.05. The minimum atomic E-state index is -0.174. The molecule has 0 bridgehead atoms. The normalized spacial score (nSPS) is 13.7. The number of hydrogen-bond acceptors (Lipinski definition) is 3. The lowest BCUT2D eigenvalue weighted by Crippen LogP contribution is -2.44. The van der Waals surface area contributed by atoms with Gasteiger partial charge >= 0.3 is 0 Å². The Balaban J connectivity index is 4.22. The minimum absolute atomic E-state index is 0.125. The van der Waals surface area contributed by atoms with E-state index in [2.05, 4.69) is 10.5 Å². The van der Waals surface area contributed by atoms with Crippen LogP contribution in [0.5, 0.6) is 0 Å². The number of carbonyl (C=O) groups excluding carboxylic acids is 1. The summed E-state index contributed by atoms with van der Waals surface area (Å²) in [7, 11) is 0. The first-order valence-electron chi connectivity index (χ1n) is 3.94. The van der Waals surface area contributed by atoms with E-state index >= 15 is 0 Å². The Hall–Kier alpha value is -0.930. The molecule has 1 atom stereocenters. The van der Waals surface area contributed by atoms with Crippen LogP contribution < -0.4 is 5.32 Å². The van der Waals surface area contributed by atoms with Crippen LogP contribution in [0.2, 0.25) is 0 Å². The molecule has 0 spiro atoms. The van der Waals surface area contributed by atoms with E-state index in [-0.39, 0.29) is 23.9 Å². The molecule has 0 radical (unpaired) electrons. The number of hydrogen-bond donors (Lipinski definition) is 1. The molecule has 0 fully saturated rings. The van der Waals surface area contributed by atoms with Crippen molar-refractivity contribution in [3.05, 3.63) is 4.91 Å². The maximum Gasteiger partial charge on any atom is 0.217 e. The summed E-state index contributed by atoms with van der Waals surface area (Å²) < 4.78 is 0. The third kappa shape index (κ3) is 4.05. The molecule has 0 aromatic heterocycles. The lowest BCUT2D eigenvalue weighted by atomic mass is 9.87. The predicted molar refractivity (Wildman–Crippen MR) is 47.7 cm³/mol. The van der Waals surface area contributed by atoms with Crippen LogP contribution in [-0.2, 0) is 4.79 Å². The molecule has 4 nitrogen and oxygen atoms in total. The Labute approximate surface area is 72.7 Å². The highest BCUT2D eigenvalue weighted by molar-refractivity contribution is 5.73. The quantitative estimate of drug-likeness (QED) is 0.652. The van der Waals surface area contributed by atoms with E-state index in [1.54, 1.807) is 0 Å². The third-order valence-corrected chi connectivity index (χ3v) is 1.68. The molecule has 0 aliphatic rings. The van der Waals surface area contributed by atoms with Crippen molar-refractivity contribution >= 4 is 5.91 Å². The molecular weight excluding hydrogens is 156 g/mol. The SMILES string of the molecule is CC(=O)NC(CN=O)C(C)(C)C. The van der Waals surface area contributed by atoms with E-state index in [0.29, 0.717) is 0 Å². The second-order valence-corrected chi connectivity index (χ2v) is 3.93. The molecule has 0 aliphatic heterocycles. The summed E-state index contributed by atoms with van der Waals surface area (Å²) in [5, 5.41) is 5.48. The van der Waals surface area contributed by atoms with Gasteiger partial charge in [-0.25, -0.2) is 0 Å². The third-order valence-electron chi connectivity index (χ3n) is 1.68. The first kappa shape index (κ1) is 11.1. The molecule has 0 aromatic carbocycles. The highest BCUT2D eigenvalue weighted by atomic mass is 16.3. The van der Waals surface area contributed by atoms with Gasteiger partial charge in [0.1, 0.15) is 6.54 Å². The van der Waals surface area contributed by atoms with Gasteiger partial charge in [-0.1, -0.05) is 25.9 Å². The van der Waals surface area contributed by atoms with Gasteiger partial charge in [0.05, 0.1) is 6.04 Å². The molecule has 70 valence electrons. The van der Waals surface area contributed by atoms with Crippen molar-refractivity contribution in [2.45, 2.75) is 33.7 Å². The second-order valence-electron chi connectivity index (χ2n) is 3.93.